The molecule has 0 aliphatic carbocycles. The van der Waals surface area contributed by atoms with Crippen molar-refractivity contribution in [3.8, 4) is 0 Å². The van der Waals surface area contributed by atoms with Crippen LogP contribution in [0.15, 0.2) is 44.9 Å². The Labute approximate surface area is 116 Å². The number of benzene rings is 1. The van der Waals surface area contributed by atoms with Gasteiger partial charge in [-0.3, -0.25) is 0 Å². The molecule has 0 spiro atoms. The summed E-state index contributed by atoms with van der Waals surface area (Å²) in [5.41, 5.74) is 6.06. The predicted molar refractivity (Wildman–Crippen MR) is 71.9 cm³/mol. The first-order chi connectivity index (χ1) is 8.06. The third kappa shape index (κ3) is 3.12. The first-order valence-electron chi connectivity index (χ1n) is 4.60. The molecule has 0 bridgehead atoms. The van der Waals surface area contributed by atoms with Crippen LogP contribution in [0.5, 0.6) is 0 Å². The third-order valence-electron chi connectivity index (χ3n) is 1.97. The van der Waals surface area contributed by atoms with E-state index in [2.05, 4.69) is 20.9 Å². The van der Waals surface area contributed by atoms with Crippen LogP contribution in [0.3, 0.4) is 0 Å². The maximum atomic E-state index is 13.1. The molecule has 6 heteroatoms. The third-order valence-corrected chi connectivity index (χ3v) is 3.75. The van der Waals surface area contributed by atoms with Gasteiger partial charge in [-0.15, -0.1) is 0 Å². The van der Waals surface area contributed by atoms with E-state index in [1.54, 1.807) is 6.20 Å². The number of nitrogen functional groups attached to an aromatic ring is 1. The zero-order chi connectivity index (χ0) is 12.4. The van der Waals surface area contributed by atoms with Gasteiger partial charge in [0.1, 0.15) is 10.8 Å². The number of aromatic nitrogens is 1. The quantitative estimate of drug-likeness (QED) is 0.829. The van der Waals surface area contributed by atoms with Gasteiger partial charge in [0.05, 0.1) is 5.02 Å². The number of rotatable bonds is 2. The lowest BCUT2D eigenvalue weighted by Gasteiger charge is -2.06. The fourth-order valence-electron chi connectivity index (χ4n) is 1.17. The molecular formula is C11H7BrClFN2S. The van der Waals surface area contributed by atoms with Crippen molar-refractivity contribution in [2.75, 3.05) is 5.73 Å². The Balaban J connectivity index is 2.30. The number of hydrogen-bond acceptors (Lipinski definition) is 3. The van der Waals surface area contributed by atoms with Crippen molar-refractivity contribution >= 4 is 45.0 Å². The van der Waals surface area contributed by atoms with Crippen LogP contribution < -0.4 is 5.73 Å². The van der Waals surface area contributed by atoms with E-state index in [-0.39, 0.29) is 5.02 Å². The molecule has 0 saturated carbocycles. The van der Waals surface area contributed by atoms with Crippen LogP contribution in [-0.4, -0.2) is 4.98 Å². The number of anilines is 1. The molecule has 2 nitrogen and oxygen atoms in total. The highest BCUT2D eigenvalue weighted by Gasteiger charge is 2.08. The summed E-state index contributed by atoms with van der Waals surface area (Å²) < 4.78 is 14.0. The molecule has 1 aromatic heterocycles. The Hall–Kier alpha value is -0.780. The Bertz CT molecular complexity index is 548. The molecule has 0 fully saturated rings. The lowest BCUT2D eigenvalue weighted by atomic mass is 10.3. The highest BCUT2D eigenvalue weighted by atomic mass is 79.9. The van der Waals surface area contributed by atoms with Gasteiger partial charge in [-0.05, 0) is 40.2 Å². The summed E-state index contributed by atoms with van der Waals surface area (Å²) in [5.74, 6) is -0.516. The highest BCUT2D eigenvalue weighted by molar-refractivity contribution is 9.10. The van der Waals surface area contributed by atoms with Gasteiger partial charge in [0.25, 0.3) is 0 Å². The minimum atomic E-state index is -0.516. The molecule has 0 amide bonds. The van der Waals surface area contributed by atoms with E-state index >= 15 is 0 Å². The summed E-state index contributed by atoms with van der Waals surface area (Å²) in [6.45, 7) is 0. The molecule has 2 rings (SSSR count). The molecule has 1 aromatic carbocycles. The molecule has 88 valence electrons. The minimum absolute atomic E-state index is 0.0545. The second kappa shape index (κ2) is 5.25. The fourth-order valence-corrected chi connectivity index (χ4v) is 2.45. The van der Waals surface area contributed by atoms with Crippen LogP contribution in [0, 0.1) is 5.82 Å². The van der Waals surface area contributed by atoms with E-state index in [1.807, 2.05) is 12.1 Å². The van der Waals surface area contributed by atoms with E-state index < -0.39 is 5.82 Å². The zero-order valence-corrected chi connectivity index (χ0v) is 11.6. The summed E-state index contributed by atoms with van der Waals surface area (Å²) in [7, 11) is 0. The van der Waals surface area contributed by atoms with Crippen molar-refractivity contribution in [2.45, 2.75) is 9.92 Å². The van der Waals surface area contributed by atoms with Gasteiger partial charge in [0, 0.05) is 21.3 Å². The zero-order valence-electron chi connectivity index (χ0n) is 8.45. The summed E-state index contributed by atoms with van der Waals surface area (Å²) in [6, 6.07) is 6.42. The van der Waals surface area contributed by atoms with Gasteiger partial charge < -0.3 is 5.73 Å². The van der Waals surface area contributed by atoms with Crippen LogP contribution >= 0.6 is 39.3 Å². The number of halogens is 3. The average Bonchev–Trinajstić information content (AvgIpc) is 2.29. The van der Waals surface area contributed by atoms with Crippen LogP contribution in [0.2, 0.25) is 5.02 Å². The molecule has 0 radical (unpaired) electrons. The van der Waals surface area contributed by atoms with Crippen LogP contribution in [-0.2, 0) is 0 Å². The van der Waals surface area contributed by atoms with Gasteiger partial charge >= 0.3 is 0 Å². The maximum absolute atomic E-state index is 13.1. The SMILES string of the molecule is Nc1cc(F)c(Cl)cc1Sc1ccc(Br)cn1. The lowest BCUT2D eigenvalue weighted by molar-refractivity contribution is 0.628. The summed E-state index contributed by atoms with van der Waals surface area (Å²) >= 11 is 10.3. The summed E-state index contributed by atoms with van der Waals surface area (Å²) in [4.78, 5) is 4.88. The Morgan fingerprint density at radius 2 is 2.12 bits per heavy atom. The smallest absolute Gasteiger partial charge is 0.143 e. The van der Waals surface area contributed by atoms with Crippen molar-refractivity contribution in [2.24, 2.45) is 0 Å². The molecule has 1 heterocycles. The minimum Gasteiger partial charge on any atom is -0.398 e. The van der Waals surface area contributed by atoms with E-state index in [1.165, 1.54) is 23.9 Å². The molecule has 0 unspecified atom stereocenters. The number of nitrogens with zero attached hydrogens (tertiary/aromatic N) is 1. The van der Waals surface area contributed by atoms with Gasteiger partial charge in [-0.1, -0.05) is 23.4 Å². The standard InChI is InChI=1S/C11H7BrClFN2S/c12-6-1-2-11(16-5-6)17-10-3-7(13)8(14)4-9(10)15/h1-5H,15H2. The molecule has 17 heavy (non-hydrogen) atoms. The van der Waals surface area contributed by atoms with Crippen molar-refractivity contribution in [1.29, 1.82) is 0 Å². The average molecular weight is 334 g/mol. The largest absolute Gasteiger partial charge is 0.398 e. The first-order valence-corrected chi connectivity index (χ1v) is 6.59. The van der Waals surface area contributed by atoms with E-state index in [9.17, 15) is 4.39 Å². The second-order valence-corrected chi connectivity index (χ2v) is 5.61. The lowest BCUT2D eigenvalue weighted by Crippen LogP contribution is -1.91. The Morgan fingerprint density at radius 3 is 2.76 bits per heavy atom. The highest BCUT2D eigenvalue weighted by Crippen LogP contribution is 2.34. The monoisotopic (exact) mass is 332 g/mol. The normalized spacial score (nSPS) is 10.5. The molecule has 2 N–H and O–H groups in total. The predicted octanol–water partition coefficient (Wildman–Crippen LogP) is 4.37. The molecule has 0 aliphatic rings. The fraction of sp³-hybridized carbons (Fsp3) is 0. The van der Waals surface area contributed by atoms with E-state index in [4.69, 9.17) is 17.3 Å². The maximum Gasteiger partial charge on any atom is 0.143 e. The first kappa shape index (κ1) is 12.7. The molecule has 2 aromatic rings. The number of pyridine rings is 1. The van der Waals surface area contributed by atoms with E-state index in [0.29, 0.717) is 10.6 Å². The van der Waals surface area contributed by atoms with Crippen molar-refractivity contribution in [1.82, 2.24) is 4.98 Å². The van der Waals surface area contributed by atoms with Gasteiger partial charge in [-0.2, -0.15) is 0 Å². The van der Waals surface area contributed by atoms with Crippen LogP contribution in [0.1, 0.15) is 0 Å². The Morgan fingerprint density at radius 1 is 1.35 bits per heavy atom. The molecule has 0 atom stereocenters. The van der Waals surface area contributed by atoms with Gasteiger partial charge in [0.2, 0.25) is 0 Å². The number of hydrogen-bond donors (Lipinski definition) is 1. The summed E-state index contributed by atoms with van der Waals surface area (Å²) in [6.07, 6.45) is 1.68. The van der Waals surface area contributed by atoms with E-state index in [0.717, 1.165) is 9.50 Å². The molecule has 0 saturated heterocycles. The van der Waals surface area contributed by atoms with Crippen LogP contribution in [0.25, 0.3) is 0 Å². The van der Waals surface area contributed by atoms with Gasteiger partial charge in [-0.25, -0.2) is 9.37 Å². The van der Waals surface area contributed by atoms with Gasteiger partial charge in [0.15, 0.2) is 0 Å². The number of nitrogens with two attached hydrogens (primary N) is 1. The molecular weight excluding hydrogens is 327 g/mol. The Kier molecular flexibility index (Phi) is 3.91. The van der Waals surface area contributed by atoms with Crippen LogP contribution in [0.4, 0.5) is 10.1 Å². The van der Waals surface area contributed by atoms with Crippen molar-refractivity contribution < 1.29 is 4.39 Å². The van der Waals surface area contributed by atoms with Crippen molar-refractivity contribution in [3.05, 3.63) is 45.8 Å². The van der Waals surface area contributed by atoms with Crippen molar-refractivity contribution in [3.63, 3.8) is 0 Å². The molecule has 0 aliphatic heterocycles. The topological polar surface area (TPSA) is 38.9 Å². The summed E-state index contributed by atoms with van der Waals surface area (Å²) in [5, 5.41) is 0.821. The second-order valence-electron chi connectivity index (χ2n) is 3.22.